The largest absolute Gasteiger partial charge is 0.288 e. The van der Waals surface area contributed by atoms with Gasteiger partial charge in [0.1, 0.15) is 9.81 Å². The predicted molar refractivity (Wildman–Crippen MR) is 90.9 cm³/mol. The Morgan fingerprint density at radius 3 is 2.20 bits per heavy atom. The zero-order valence-corrected chi connectivity index (χ0v) is 14.3. The van der Waals surface area contributed by atoms with Crippen LogP contribution in [0, 0.1) is 5.41 Å². The molecular weight excluding hydrogens is 362 g/mol. The molecule has 0 atom stereocenters. The third kappa shape index (κ3) is 2.66. The van der Waals surface area contributed by atoms with Crippen LogP contribution < -0.4 is 0 Å². The van der Waals surface area contributed by atoms with E-state index in [2.05, 4.69) is 0 Å². The van der Waals surface area contributed by atoms with Crippen LogP contribution in [-0.4, -0.2) is 28.5 Å². The van der Waals surface area contributed by atoms with Gasteiger partial charge in [-0.1, -0.05) is 30.3 Å². The minimum atomic E-state index is -4.17. The summed E-state index contributed by atoms with van der Waals surface area (Å²) in [4.78, 5) is 10.7. The van der Waals surface area contributed by atoms with Gasteiger partial charge in [0.05, 0.1) is 9.79 Å². The summed E-state index contributed by atoms with van der Waals surface area (Å²) >= 11 is 0. The number of rotatable bonds is 3. The summed E-state index contributed by atoms with van der Waals surface area (Å²) in [5, 5.41) is 7.27. The highest BCUT2D eigenvalue weighted by Crippen LogP contribution is 2.35. The minimum absolute atomic E-state index is 0.0183. The Kier molecular flexibility index (Phi) is 4.04. The summed E-state index contributed by atoms with van der Waals surface area (Å²) in [6, 6.07) is 12.9. The molecule has 25 heavy (non-hydrogen) atoms. The van der Waals surface area contributed by atoms with Crippen LogP contribution in [0.25, 0.3) is 0 Å². The Balaban J connectivity index is 2.18. The number of ketones is 1. The normalized spacial score (nSPS) is 17.1. The fourth-order valence-corrected chi connectivity index (χ4v) is 5.25. The zero-order valence-electron chi connectivity index (χ0n) is 12.6. The molecule has 126 valence electrons. The van der Waals surface area contributed by atoms with E-state index >= 15 is 0 Å². The Hall–Kier alpha value is -2.80. The van der Waals surface area contributed by atoms with Crippen molar-refractivity contribution in [2.24, 2.45) is 0 Å². The summed E-state index contributed by atoms with van der Waals surface area (Å²) < 4.78 is 50.2. The molecule has 0 amide bonds. The van der Waals surface area contributed by atoms with Crippen molar-refractivity contribution in [1.29, 1.82) is 5.41 Å². The maximum absolute atomic E-state index is 12.6. The Bertz CT molecular complexity index is 1170. The lowest BCUT2D eigenvalue weighted by Crippen LogP contribution is -2.08. The summed E-state index contributed by atoms with van der Waals surface area (Å²) in [6.45, 7) is 0. The van der Waals surface area contributed by atoms with Gasteiger partial charge in [-0.15, -0.1) is 0 Å². The fraction of sp³-hybridized carbons (Fsp3) is 0. The third-order valence-corrected chi connectivity index (χ3v) is 7.17. The number of hydrogen-bond acceptors (Lipinski definition) is 6. The quantitative estimate of drug-likeness (QED) is 0.655. The van der Waals surface area contributed by atoms with Crippen molar-refractivity contribution in [3.05, 3.63) is 76.0 Å². The fourth-order valence-electron chi connectivity index (χ4n) is 2.43. The van der Waals surface area contributed by atoms with Crippen LogP contribution in [0.5, 0.6) is 0 Å². The maximum Gasteiger partial charge on any atom is 0.215 e. The molecule has 2 aromatic carbocycles. The first-order valence-electron chi connectivity index (χ1n) is 7.00. The third-order valence-electron chi connectivity index (χ3n) is 3.66. The number of fused-ring (bicyclic) bond motifs is 1. The van der Waals surface area contributed by atoms with E-state index in [1.165, 1.54) is 48.5 Å². The molecule has 1 N–H and O–H groups in total. The second kappa shape index (κ2) is 5.93. The van der Waals surface area contributed by atoms with Gasteiger partial charge >= 0.3 is 0 Å². The monoisotopic (exact) mass is 373 g/mol. The van der Waals surface area contributed by atoms with Gasteiger partial charge in [0.25, 0.3) is 0 Å². The average molecular weight is 373 g/mol. The van der Waals surface area contributed by atoms with Gasteiger partial charge in [-0.2, -0.15) is 0 Å². The Labute approximate surface area is 144 Å². The van der Waals surface area contributed by atoms with Gasteiger partial charge in [-0.25, -0.2) is 16.8 Å². The highest BCUT2D eigenvalue weighted by atomic mass is 32.2. The molecule has 0 aliphatic carbocycles. The van der Waals surface area contributed by atoms with Crippen molar-refractivity contribution >= 4 is 31.3 Å². The van der Waals surface area contributed by atoms with Crippen LogP contribution in [-0.2, 0) is 19.7 Å². The van der Waals surface area contributed by atoms with Crippen molar-refractivity contribution in [2.75, 3.05) is 0 Å². The van der Waals surface area contributed by atoms with Crippen molar-refractivity contribution in [3.8, 4) is 0 Å². The molecular formula is C17H11NO5S2. The van der Waals surface area contributed by atoms with Crippen LogP contribution in [0.15, 0.2) is 80.3 Å². The molecule has 0 saturated carbocycles. The van der Waals surface area contributed by atoms with E-state index in [-0.39, 0.29) is 15.4 Å². The number of nitrogens with one attached hydrogen (secondary N) is 1. The average Bonchev–Trinajstić information content (AvgIpc) is 2.80. The van der Waals surface area contributed by atoms with Gasteiger partial charge in [0, 0.05) is 5.56 Å². The summed E-state index contributed by atoms with van der Waals surface area (Å²) in [5.74, 6) is 0.939. The van der Waals surface area contributed by atoms with Crippen LogP contribution >= 0.6 is 0 Å². The number of carbonyl (C=O) groups is 1. The second-order valence-electron chi connectivity index (χ2n) is 5.14. The van der Waals surface area contributed by atoms with Gasteiger partial charge in [0.2, 0.25) is 25.5 Å². The lowest BCUT2D eigenvalue weighted by Gasteiger charge is -2.04. The van der Waals surface area contributed by atoms with E-state index in [9.17, 15) is 21.6 Å². The number of sulfone groups is 2. The summed E-state index contributed by atoms with van der Waals surface area (Å²) in [6.07, 6.45) is 0.701. The van der Waals surface area contributed by atoms with Gasteiger partial charge in [-0.3, -0.25) is 10.2 Å². The molecule has 0 radical (unpaired) electrons. The number of benzene rings is 2. The number of allylic oxidation sites excluding steroid dienone is 2. The molecule has 0 unspecified atom stereocenters. The van der Waals surface area contributed by atoms with Crippen LogP contribution in [0.4, 0.5) is 0 Å². The van der Waals surface area contributed by atoms with Crippen molar-refractivity contribution in [2.45, 2.75) is 9.79 Å². The molecule has 2 aromatic rings. The predicted octanol–water partition coefficient (Wildman–Crippen LogP) is 2.15. The molecule has 1 aliphatic rings. The second-order valence-corrected chi connectivity index (χ2v) is 8.95. The molecule has 0 fully saturated rings. The zero-order chi connectivity index (χ0) is 18.2. The SMILES string of the molecule is N=C=C(C=C1C(=O)c2ccccc2S1(=O)=O)S(=O)(=O)c1ccccc1. The van der Waals surface area contributed by atoms with Crippen LogP contribution in [0.3, 0.4) is 0 Å². The highest BCUT2D eigenvalue weighted by Gasteiger charge is 2.39. The molecule has 0 spiro atoms. The lowest BCUT2D eigenvalue weighted by atomic mass is 10.1. The molecule has 6 nitrogen and oxygen atoms in total. The van der Waals surface area contributed by atoms with E-state index in [1.807, 2.05) is 0 Å². The molecule has 0 bridgehead atoms. The smallest absolute Gasteiger partial charge is 0.215 e. The molecule has 0 aromatic heterocycles. The van der Waals surface area contributed by atoms with Crippen LogP contribution in [0.2, 0.25) is 0 Å². The Morgan fingerprint density at radius 2 is 1.60 bits per heavy atom. The van der Waals surface area contributed by atoms with Crippen molar-refractivity contribution in [1.82, 2.24) is 0 Å². The first-order valence-corrected chi connectivity index (χ1v) is 9.97. The first kappa shape index (κ1) is 17.0. The van der Waals surface area contributed by atoms with Crippen molar-refractivity contribution in [3.63, 3.8) is 0 Å². The molecule has 1 aliphatic heterocycles. The molecule has 1 heterocycles. The van der Waals surface area contributed by atoms with E-state index in [0.717, 1.165) is 0 Å². The van der Waals surface area contributed by atoms with Gasteiger partial charge in [0.15, 0.2) is 0 Å². The molecule has 0 saturated heterocycles. The topological polar surface area (TPSA) is 109 Å². The van der Waals surface area contributed by atoms with Crippen LogP contribution in [0.1, 0.15) is 10.4 Å². The standard InChI is InChI=1S/C17H11NO5S2/c18-11-13(24(20,21)12-6-2-1-3-7-12)10-16-17(19)14-8-4-5-9-15(14)25(16,22)23/h1-10,18H. The molecule has 3 rings (SSSR count). The number of Topliss-reactive ketones (excluding diaryl/α,β-unsaturated/α-hetero) is 1. The summed E-state index contributed by atoms with van der Waals surface area (Å²) in [7, 11) is -8.31. The maximum atomic E-state index is 12.6. The number of hydrogen-bond donors (Lipinski definition) is 1. The van der Waals surface area contributed by atoms with Gasteiger partial charge in [-0.05, 0) is 36.2 Å². The number of carbonyl (C=O) groups excluding carboxylic acids is 1. The highest BCUT2D eigenvalue weighted by molar-refractivity contribution is 7.97. The van der Waals surface area contributed by atoms with E-state index in [1.54, 1.807) is 11.9 Å². The van der Waals surface area contributed by atoms with Gasteiger partial charge < -0.3 is 0 Å². The molecule has 8 heteroatoms. The first-order chi connectivity index (χ1) is 11.8. The van der Waals surface area contributed by atoms with E-state index < -0.39 is 35.3 Å². The Morgan fingerprint density at radius 1 is 1.00 bits per heavy atom. The lowest BCUT2D eigenvalue weighted by molar-refractivity contribution is 0.104. The van der Waals surface area contributed by atoms with E-state index in [0.29, 0.717) is 6.08 Å². The van der Waals surface area contributed by atoms with E-state index in [4.69, 9.17) is 5.41 Å². The minimum Gasteiger partial charge on any atom is -0.288 e. The summed E-state index contributed by atoms with van der Waals surface area (Å²) in [5.41, 5.74) is -0.0183. The van der Waals surface area contributed by atoms with Crippen molar-refractivity contribution < 1.29 is 21.6 Å².